The third kappa shape index (κ3) is 1.70. The first kappa shape index (κ1) is 11.6. The molecule has 0 bridgehead atoms. The van der Waals surface area contributed by atoms with Crippen LogP contribution < -0.4 is 0 Å². The van der Waals surface area contributed by atoms with Crippen molar-refractivity contribution in [3.8, 4) is 0 Å². The molecule has 2 heterocycles. The molecule has 2 aromatic heterocycles. The molecule has 3 aromatic rings. The van der Waals surface area contributed by atoms with Gasteiger partial charge >= 0.3 is 0 Å². The Morgan fingerprint density at radius 1 is 1.06 bits per heavy atom. The first-order valence-electron chi connectivity index (χ1n) is 5.78. The van der Waals surface area contributed by atoms with Crippen molar-refractivity contribution in [2.75, 3.05) is 0 Å². The Hall–Kier alpha value is -1.49. The zero-order valence-corrected chi connectivity index (χ0v) is 12.1. The summed E-state index contributed by atoms with van der Waals surface area (Å²) in [5, 5.41) is 4.49. The Morgan fingerprint density at radius 3 is 2.28 bits per heavy atom. The Morgan fingerprint density at radius 2 is 1.67 bits per heavy atom. The van der Waals surface area contributed by atoms with Gasteiger partial charge in [0.25, 0.3) is 0 Å². The summed E-state index contributed by atoms with van der Waals surface area (Å²) in [5.74, 6) is 0. The molecular formula is C13H13BrN4. The Labute approximate surface area is 113 Å². The van der Waals surface area contributed by atoms with Gasteiger partial charge in [0, 0.05) is 0 Å². The third-order valence-electron chi connectivity index (χ3n) is 2.77. The van der Waals surface area contributed by atoms with Crippen LogP contribution in [0.15, 0.2) is 28.9 Å². The van der Waals surface area contributed by atoms with Gasteiger partial charge in [0.05, 0.1) is 16.6 Å². The summed E-state index contributed by atoms with van der Waals surface area (Å²) in [6.45, 7) is 6.30. The van der Waals surface area contributed by atoms with Gasteiger partial charge in [0.1, 0.15) is 5.52 Å². The van der Waals surface area contributed by atoms with Crippen molar-refractivity contribution in [2.24, 2.45) is 0 Å². The highest BCUT2D eigenvalue weighted by Crippen LogP contribution is 2.27. The molecule has 0 amide bonds. The predicted octanol–water partition coefficient (Wildman–Crippen LogP) is 3.50. The third-order valence-corrected chi connectivity index (χ3v) is 3.31. The lowest BCUT2D eigenvalue weighted by molar-refractivity contribution is 0.364. The maximum Gasteiger partial charge on any atom is 0.179 e. The van der Waals surface area contributed by atoms with Crippen LogP contribution in [-0.2, 0) is 5.54 Å². The number of benzene rings is 1. The second-order valence-electron chi connectivity index (χ2n) is 5.26. The molecule has 1 aromatic carbocycles. The summed E-state index contributed by atoms with van der Waals surface area (Å²) in [4.78, 5) is 9.29. The topological polar surface area (TPSA) is 43.6 Å². The van der Waals surface area contributed by atoms with E-state index < -0.39 is 0 Å². The van der Waals surface area contributed by atoms with Crippen LogP contribution in [0.4, 0.5) is 0 Å². The van der Waals surface area contributed by atoms with Crippen LogP contribution in [0.2, 0.25) is 0 Å². The minimum Gasteiger partial charge on any atom is -0.240 e. The number of nitrogens with zero attached hydrogens (tertiary/aromatic N) is 4. The quantitative estimate of drug-likeness (QED) is 0.638. The molecule has 0 spiro atoms. The smallest absolute Gasteiger partial charge is 0.179 e. The Kier molecular flexibility index (Phi) is 2.41. The van der Waals surface area contributed by atoms with Crippen LogP contribution in [0.5, 0.6) is 0 Å². The minimum atomic E-state index is -0.124. The van der Waals surface area contributed by atoms with Crippen LogP contribution in [-0.4, -0.2) is 19.7 Å². The van der Waals surface area contributed by atoms with Gasteiger partial charge in [-0.05, 0) is 48.8 Å². The van der Waals surface area contributed by atoms with E-state index in [9.17, 15) is 0 Å². The monoisotopic (exact) mass is 304 g/mol. The summed E-state index contributed by atoms with van der Waals surface area (Å²) in [6, 6.07) is 7.86. The number of hydrogen-bond donors (Lipinski definition) is 0. The fourth-order valence-electron chi connectivity index (χ4n) is 1.93. The molecule has 0 aliphatic carbocycles. The van der Waals surface area contributed by atoms with Crippen molar-refractivity contribution in [1.29, 1.82) is 0 Å². The molecule has 4 nitrogen and oxygen atoms in total. The summed E-state index contributed by atoms with van der Waals surface area (Å²) >= 11 is 3.46. The predicted molar refractivity (Wildman–Crippen MR) is 75.5 cm³/mol. The highest BCUT2D eigenvalue weighted by atomic mass is 79.9. The van der Waals surface area contributed by atoms with Crippen molar-refractivity contribution < 1.29 is 0 Å². The molecule has 0 radical (unpaired) electrons. The van der Waals surface area contributed by atoms with Crippen LogP contribution in [0, 0.1) is 0 Å². The molecule has 0 unspecified atom stereocenters. The highest BCUT2D eigenvalue weighted by molar-refractivity contribution is 9.10. The van der Waals surface area contributed by atoms with E-state index in [1.54, 1.807) is 0 Å². The van der Waals surface area contributed by atoms with E-state index in [1.165, 1.54) is 0 Å². The zero-order chi connectivity index (χ0) is 12.9. The molecule has 0 N–H and O–H groups in total. The van der Waals surface area contributed by atoms with Gasteiger partial charge in [-0.1, -0.05) is 12.1 Å². The number of halogens is 1. The standard InChI is InChI=1S/C13H13BrN4/c1-13(2,3)18-12-10(11(14)17-18)15-8-6-4-5-7-9(8)16-12/h4-7H,1-3H3. The van der Waals surface area contributed by atoms with Gasteiger partial charge in [-0.2, -0.15) is 5.10 Å². The lowest BCUT2D eigenvalue weighted by Crippen LogP contribution is -2.23. The average molecular weight is 305 g/mol. The number of rotatable bonds is 0. The van der Waals surface area contributed by atoms with Crippen molar-refractivity contribution in [2.45, 2.75) is 26.3 Å². The van der Waals surface area contributed by atoms with Crippen molar-refractivity contribution in [1.82, 2.24) is 19.7 Å². The van der Waals surface area contributed by atoms with E-state index in [2.05, 4.69) is 51.8 Å². The van der Waals surface area contributed by atoms with Gasteiger partial charge in [-0.25, -0.2) is 14.6 Å². The minimum absolute atomic E-state index is 0.124. The molecular weight excluding hydrogens is 292 g/mol. The Balaban J connectivity index is 2.45. The summed E-state index contributed by atoms with van der Waals surface area (Å²) in [5.41, 5.74) is 3.28. The molecule has 18 heavy (non-hydrogen) atoms. The number of fused-ring (bicyclic) bond motifs is 2. The van der Waals surface area contributed by atoms with Gasteiger partial charge < -0.3 is 0 Å². The lowest BCUT2D eigenvalue weighted by atomic mass is 10.1. The summed E-state index contributed by atoms with van der Waals surface area (Å²) < 4.78 is 2.65. The normalized spacial score (nSPS) is 12.4. The van der Waals surface area contributed by atoms with Crippen LogP contribution >= 0.6 is 15.9 Å². The fraction of sp³-hybridized carbons (Fsp3) is 0.308. The molecule has 3 rings (SSSR count). The van der Waals surface area contributed by atoms with E-state index in [1.807, 2.05) is 28.9 Å². The van der Waals surface area contributed by atoms with Gasteiger partial charge in [-0.15, -0.1) is 0 Å². The molecule has 0 aliphatic rings. The first-order valence-corrected chi connectivity index (χ1v) is 6.57. The zero-order valence-electron chi connectivity index (χ0n) is 10.5. The molecule has 0 saturated carbocycles. The molecule has 0 aliphatic heterocycles. The SMILES string of the molecule is CC(C)(C)n1nc(Br)c2nc3ccccc3nc21. The molecule has 0 atom stereocenters. The first-order chi connectivity index (χ1) is 8.47. The maximum atomic E-state index is 4.67. The second-order valence-corrected chi connectivity index (χ2v) is 6.01. The van der Waals surface area contributed by atoms with Gasteiger partial charge in [-0.3, -0.25) is 0 Å². The van der Waals surface area contributed by atoms with E-state index in [-0.39, 0.29) is 5.54 Å². The summed E-state index contributed by atoms with van der Waals surface area (Å²) in [6.07, 6.45) is 0. The van der Waals surface area contributed by atoms with Crippen molar-refractivity contribution >= 4 is 38.1 Å². The second kappa shape index (κ2) is 3.75. The molecule has 0 saturated heterocycles. The van der Waals surface area contributed by atoms with Crippen LogP contribution in [0.25, 0.3) is 22.2 Å². The lowest BCUT2D eigenvalue weighted by Gasteiger charge is -2.19. The van der Waals surface area contributed by atoms with E-state index in [0.717, 1.165) is 26.8 Å². The van der Waals surface area contributed by atoms with Crippen LogP contribution in [0.3, 0.4) is 0 Å². The van der Waals surface area contributed by atoms with Crippen molar-refractivity contribution in [3.63, 3.8) is 0 Å². The Bertz CT molecular complexity index is 740. The highest BCUT2D eigenvalue weighted by Gasteiger charge is 2.21. The number of hydrogen-bond acceptors (Lipinski definition) is 3. The molecule has 0 fully saturated rings. The number of para-hydroxylation sites is 2. The van der Waals surface area contributed by atoms with E-state index >= 15 is 0 Å². The van der Waals surface area contributed by atoms with Gasteiger partial charge in [0.15, 0.2) is 10.3 Å². The van der Waals surface area contributed by atoms with E-state index in [0.29, 0.717) is 0 Å². The van der Waals surface area contributed by atoms with Crippen molar-refractivity contribution in [3.05, 3.63) is 28.9 Å². The molecule has 92 valence electrons. The fourth-order valence-corrected chi connectivity index (χ4v) is 2.35. The largest absolute Gasteiger partial charge is 0.240 e. The average Bonchev–Trinajstić information content (AvgIpc) is 2.64. The van der Waals surface area contributed by atoms with Crippen LogP contribution in [0.1, 0.15) is 20.8 Å². The summed E-state index contributed by atoms with van der Waals surface area (Å²) in [7, 11) is 0. The van der Waals surface area contributed by atoms with E-state index in [4.69, 9.17) is 0 Å². The van der Waals surface area contributed by atoms with Gasteiger partial charge in [0.2, 0.25) is 0 Å². The number of aromatic nitrogens is 4. The maximum absolute atomic E-state index is 4.67. The molecule has 5 heteroatoms.